The fraction of sp³-hybridized carbons (Fsp3) is 0.917. The molecule has 0 aromatic heterocycles. The number of rotatable bonds is 6. The first-order valence-corrected chi connectivity index (χ1v) is 6.45. The number of amides is 1. The minimum absolute atomic E-state index is 0.114. The van der Waals surface area contributed by atoms with Gasteiger partial charge in [-0.2, -0.15) is 0 Å². The van der Waals surface area contributed by atoms with Crippen molar-refractivity contribution in [1.29, 1.82) is 0 Å². The molecule has 0 spiro atoms. The van der Waals surface area contributed by atoms with Crippen LogP contribution in [0.4, 0.5) is 0 Å². The first-order valence-electron chi connectivity index (χ1n) is 6.45. The van der Waals surface area contributed by atoms with E-state index in [0.29, 0.717) is 12.5 Å². The van der Waals surface area contributed by atoms with Crippen LogP contribution in [-0.4, -0.2) is 53.1 Å². The fourth-order valence-corrected chi connectivity index (χ4v) is 2.29. The summed E-state index contributed by atoms with van der Waals surface area (Å²) >= 11 is 0. The minimum Gasteiger partial charge on any atom is -0.394 e. The van der Waals surface area contributed by atoms with Gasteiger partial charge in [0.25, 0.3) is 0 Å². The second-order valence-corrected chi connectivity index (χ2v) is 5.20. The Balaban J connectivity index is 2.50. The van der Waals surface area contributed by atoms with Gasteiger partial charge in [-0.05, 0) is 38.1 Å². The van der Waals surface area contributed by atoms with Crippen LogP contribution in [0.5, 0.6) is 0 Å². The van der Waals surface area contributed by atoms with E-state index < -0.39 is 25.4 Å². The first-order chi connectivity index (χ1) is 8.60. The summed E-state index contributed by atoms with van der Waals surface area (Å²) in [5, 5.41) is 30.0. The van der Waals surface area contributed by atoms with Crippen LogP contribution < -0.4 is 11.1 Å². The molecule has 0 radical (unpaired) electrons. The molecule has 0 aromatic rings. The van der Waals surface area contributed by atoms with E-state index in [-0.39, 0.29) is 11.8 Å². The molecule has 1 aliphatic rings. The summed E-state index contributed by atoms with van der Waals surface area (Å²) in [5.41, 5.74) is 4.27. The Hall–Kier alpha value is -0.690. The average Bonchev–Trinajstić information content (AvgIpc) is 2.45. The Bertz CT molecular complexity index is 253. The van der Waals surface area contributed by atoms with Crippen LogP contribution in [0.3, 0.4) is 0 Å². The molecule has 106 valence electrons. The van der Waals surface area contributed by atoms with Crippen molar-refractivity contribution < 1.29 is 20.1 Å². The van der Waals surface area contributed by atoms with Crippen LogP contribution in [0.2, 0.25) is 0 Å². The van der Waals surface area contributed by atoms with Crippen molar-refractivity contribution in [3.05, 3.63) is 0 Å². The summed E-state index contributed by atoms with van der Waals surface area (Å²) in [6, 6.07) is 0. The normalized spacial score (nSPS) is 24.9. The lowest BCUT2D eigenvalue weighted by molar-refractivity contribution is -0.130. The van der Waals surface area contributed by atoms with E-state index in [4.69, 9.17) is 21.1 Å². The molecule has 1 saturated carbocycles. The lowest BCUT2D eigenvalue weighted by Crippen LogP contribution is -2.58. The maximum Gasteiger partial charge on any atom is 0.223 e. The Morgan fingerprint density at radius 2 is 1.61 bits per heavy atom. The molecule has 6 heteroatoms. The molecule has 0 atom stereocenters. The fourth-order valence-electron chi connectivity index (χ4n) is 2.29. The van der Waals surface area contributed by atoms with Gasteiger partial charge in [0.05, 0.1) is 19.8 Å². The number of carbonyl (C=O) groups excluding carboxylic acids is 1. The average molecular weight is 260 g/mol. The van der Waals surface area contributed by atoms with Gasteiger partial charge in [-0.25, -0.2) is 0 Å². The van der Waals surface area contributed by atoms with Gasteiger partial charge < -0.3 is 26.4 Å². The number of nitrogens with one attached hydrogen (secondary N) is 1. The van der Waals surface area contributed by atoms with Gasteiger partial charge in [0.1, 0.15) is 5.54 Å². The van der Waals surface area contributed by atoms with E-state index in [9.17, 15) is 4.79 Å². The molecular weight excluding hydrogens is 236 g/mol. The zero-order valence-electron chi connectivity index (χ0n) is 10.6. The SMILES string of the molecule is NCC1CCC(C(=O)NC(CO)(CO)CO)CC1. The van der Waals surface area contributed by atoms with Gasteiger partial charge in [0.15, 0.2) is 0 Å². The number of carbonyl (C=O) groups is 1. The van der Waals surface area contributed by atoms with E-state index in [1.807, 2.05) is 0 Å². The molecular formula is C12H24N2O4. The highest BCUT2D eigenvalue weighted by atomic mass is 16.3. The summed E-state index contributed by atoms with van der Waals surface area (Å²) in [7, 11) is 0. The molecule has 6 N–H and O–H groups in total. The molecule has 0 bridgehead atoms. The Labute approximate surface area is 107 Å². The Morgan fingerprint density at radius 1 is 1.11 bits per heavy atom. The lowest BCUT2D eigenvalue weighted by Gasteiger charge is -2.33. The lowest BCUT2D eigenvalue weighted by atomic mass is 9.81. The van der Waals surface area contributed by atoms with Crippen molar-refractivity contribution in [3.63, 3.8) is 0 Å². The largest absolute Gasteiger partial charge is 0.394 e. The van der Waals surface area contributed by atoms with Crippen LogP contribution in [0.15, 0.2) is 0 Å². The van der Waals surface area contributed by atoms with Gasteiger partial charge in [-0.15, -0.1) is 0 Å². The quantitative estimate of drug-likeness (QED) is 0.402. The maximum absolute atomic E-state index is 12.0. The van der Waals surface area contributed by atoms with E-state index in [1.54, 1.807) is 0 Å². The molecule has 0 saturated heterocycles. The molecule has 0 aliphatic heterocycles. The van der Waals surface area contributed by atoms with E-state index in [0.717, 1.165) is 25.7 Å². The van der Waals surface area contributed by atoms with Crippen LogP contribution in [-0.2, 0) is 4.79 Å². The van der Waals surface area contributed by atoms with Crippen molar-refractivity contribution in [2.75, 3.05) is 26.4 Å². The van der Waals surface area contributed by atoms with Crippen molar-refractivity contribution >= 4 is 5.91 Å². The van der Waals surface area contributed by atoms with E-state index in [1.165, 1.54) is 0 Å². The topological polar surface area (TPSA) is 116 Å². The summed E-state index contributed by atoms with van der Waals surface area (Å²) in [4.78, 5) is 12.0. The summed E-state index contributed by atoms with van der Waals surface area (Å²) in [5.74, 6) is 0.173. The summed E-state index contributed by atoms with van der Waals surface area (Å²) < 4.78 is 0. The smallest absolute Gasteiger partial charge is 0.223 e. The van der Waals surface area contributed by atoms with Crippen molar-refractivity contribution in [2.45, 2.75) is 31.2 Å². The van der Waals surface area contributed by atoms with Gasteiger partial charge in [0.2, 0.25) is 5.91 Å². The van der Waals surface area contributed by atoms with Gasteiger partial charge in [0, 0.05) is 5.92 Å². The summed E-state index contributed by atoms with van der Waals surface area (Å²) in [6.07, 6.45) is 3.40. The van der Waals surface area contributed by atoms with E-state index in [2.05, 4.69) is 5.32 Å². The highest BCUT2D eigenvalue weighted by Crippen LogP contribution is 2.28. The Morgan fingerprint density at radius 3 is 2.00 bits per heavy atom. The standard InChI is InChI=1S/C12H24N2O4/c13-5-9-1-3-10(4-2-9)11(18)14-12(6-15,7-16)8-17/h9-10,15-17H,1-8,13H2,(H,14,18). The molecule has 0 aromatic carbocycles. The van der Waals surface area contributed by atoms with E-state index >= 15 is 0 Å². The zero-order chi connectivity index (χ0) is 13.6. The molecule has 1 rings (SSSR count). The number of hydrogen-bond donors (Lipinski definition) is 5. The maximum atomic E-state index is 12.0. The second-order valence-electron chi connectivity index (χ2n) is 5.20. The molecule has 1 amide bonds. The Kier molecular flexibility index (Phi) is 6.01. The van der Waals surface area contributed by atoms with Crippen LogP contribution >= 0.6 is 0 Å². The van der Waals surface area contributed by atoms with Crippen molar-refractivity contribution in [1.82, 2.24) is 5.32 Å². The predicted octanol–water partition coefficient (Wildman–Crippen LogP) is -1.42. The predicted molar refractivity (Wildman–Crippen MR) is 66.6 cm³/mol. The van der Waals surface area contributed by atoms with Gasteiger partial charge in [-0.1, -0.05) is 0 Å². The number of hydrogen-bond acceptors (Lipinski definition) is 5. The third-order valence-corrected chi connectivity index (χ3v) is 3.85. The third kappa shape index (κ3) is 3.65. The molecule has 0 heterocycles. The van der Waals surface area contributed by atoms with Crippen LogP contribution in [0.1, 0.15) is 25.7 Å². The minimum atomic E-state index is -1.32. The van der Waals surface area contributed by atoms with Crippen LogP contribution in [0.25, 0.3) is 0 Å². The van der Waals surface area contributed by atoms with Gasteiger partial charge in [-0.3, -0.25) is 4.79 Å². The number of aliphatic hydroxyl groups is 3. The molecule has 1 aliphatic carbocycles. The van der Waals surface area contributed by atoms with Crippen LogP contribution in [0, 0.1) is 11.8 Å². The van der Waals surface area contributed by atoms with Gasteiger partial charge >= 0.3 is 0 Å². The zero-order valence-corrected chi connectivity index (χ0v) is 10.6. The van der Waals surface area contributed by atoms with Crippen molar-refractivity contribution in [3.8, 4) is 0 Å². The highest BCUT2D eigenvalue weighted by molar-refractivity contribution is 5.79. The molecule has 1 fully saturated rings. The van der Waals surface area contributed by atoms with Crippen molar-refractivity contribution in [2.24, 2.45) is 17.6 Å². The summed E-state index contributed by atoms with van der Waals surface area (Å²) in [6.45, 7) is -0.792. The number of aliphatic hydroxyl groups excluding tert-OH is 3. The third-order valence-electron chi connectivity index (χ3n) is 3.85. The first kappa shape index (κ1) is 15.4. The highest BCUT2D eigenvalue weighted by Gasteiger charge is 2.34. The second kappa shape index (κ2) is 7.04. The number of nitrogens with two attached hydrogens (primary N) is 1. The monoisotopic (exact) mass is 260 g/mol. The molecule has 0 unspecified atom stereocenters. The molecule has 6 nitrogen and oxygen atoms in total. The molecule has 18 heavy (non-hydrogen) atoms.